The topological polar surface area (TPSA) is 0 Å². The van der Waals surface area contributed by atoms with Crippen LogP contribution in [0.25, 0.3) is 0 Å². The summed E-state index contributed by atoms with van der Waals surface area (Å²) in [5.74, 6) is 0. The van der Waals surface area contributed by atoms with Gasteiger partial charge < -0.3 is 0 Å². The van der Waals surface area contributed by atoms with Crippen LogP contribution in [0.1, 0.15) is 27.6 Å². The molecule has 0 heterocycles. The number of aryl methyl sites for hydroxylation is 2. The van der Waals surface area contributed by atoms with Crippen LogP contribution in [0, 0.1) is 13.8 Å². The van der Waals surface area contributed by atoms with Crippen molar-refractivity contribution in [1.82, 2.24) is 0 Å². The molecule has 0 saturated carbocycles. The van der Waals surface area contributed by atoms with Gasteiger partial charge in [-0.2, -0.15) is 0 Å². The molecule has 0 amide bonds. The summed E-state index contributed by atoms with van der Waals surface area (Å²) in [5.41, 5.74) is 4.95. The zero-order valence-electron chi connectivity index (χ0n) is 10.6. The second kappa shape index (κ2) is 5.90. The first-order valence-corrected chi connectivity index (χ1v) is 7.25. The van der Waals surface area contributed by atoms with Gasteiger partial charge in [-0.05, 0) is 43.0 Å². The summed E-state index contributed by atoms with van der Waals surface area (Å²) in [6.45, 7) is 4.19. The Morgan fingerprint density at radius 3 is 2.44 bits per heavy atom. The van der Waals surface area contributed by atoms with Gasteiger partial charge in [0.2, 0.25) is 0 Å². The summed E-state index contributed by atoms with van der Waals surface area (Å²) in [5, 5.41) is 0.00164. The van der Waals surface area contributed by atoms with Crippen LogP contribution in [0.4, 0.5) is 0 Å². The molecule has 18 heavy (non-hydrogen) atoms. The van der Waals surface area contributed by atoms with Crippen LogP contribution in [0.5, 0.6) is 0 Å². The monoisotopic (exact) mass is 322 g/mol. The summed E-state index contributed by atoms with van der Waals surface area (Å²) in [6.07, 6.45) is 0.852. The number of rotatable bonds is 3. The molecule has 0 radical (unpaired) electrons. The molecule has 0 aliphatic heterocycles. The highest BCUT2D eigenvalue weighted by atomic mass is 79.9. The van der Waals surface area contributed by atoms with Crippen LogP contribution >= 0.6 is 27.5 Å². The van der Waals surface area contributed by atoms with E-state index in [2.05, 4.69) is 72.2 Å². The fourth-order valence-electron chi connectivity index (χ4n) is 2.04. The molecule has 1 unspecified atom stereocenters. The fraction of sp³-hybridized carbons (Fsp3) is 0.250. The van der Waals surface area contributed by atoms with Gasteiger partial charge >= 0.3 is 0 Å². The molecule has 2 aromatic carbocycles. The van der Waals surface area contributed by atoms with Crippen molar-refractivity contribution in [1.29, 1.82) is 0 Å². The van der Waals surface area contributed by atoms with E-state index in [1.54, 1.807) is 0 Å². The van der Waals surface area contributed by atoms with Crippen LogP contribution in [0.2, 0.25) is 0 Å². The van der Waals surface area contributed by atoms with Crippen molar-refractivity contribution in [2.45, 2.75) is 25.6 Å². The second-order valence-corrected chi connectivity index (χ2v) is 6.07. The highest BCUT2D eigenvalue weighted by molar-refractivity contribution is 9.10. The number of halogens is 2. The van der Waals surface area contributed by atoms with E-state index in [-0.39, 0.29) is 5.38 Å². The molecule has 2 rings (SSSR count). The lowest BCUT2D eigenvalue weighted by Gasteiger charge is -2.13. The van der Waals surface area contributed by atoms with Gasteiger partial charge in [0.25, 0.3) is 0 Å². The van der Waals surface area contributed by atoms with Crippen molar-refractivity contribution in [2.75, 3.05) is 0 Å². The van der Waals surface area contributed by atoms with Crippen molar-refractivity contribution in [2.24, 2.45) is 0 Å². The van der Waals surface area contributed by atoms with Crippen LogP contribution in [-0.2, 0) is 6.42 Å². The molecule has 0 N–H and O–H groups in total. The predicted octanol–water partition coefficient (Wildman–Crippen LogP) is 5.59. The highest BCUT2D eigenvalue weighted by Gasteiger charge is 2.12. The minimum Gasteiger partial charge on any atom is -0.117 e. The third kappa shape index (κ3) is 3.37. The van der Waals surface area contributed by atoms with Gasteiger partial charge in [0.05, 0.1) is 5.38 Å². The van der Waals surface area contributed by atoms with Gasteiger partial charge in [-0.3, -0.25) is 0 Å². The quantitative estimate of drug-likeness (QED) is 0.646. The molecular weight excluding hydrogens is 308 g/mol. The number of benzene rings is 2. The Hall–Kier alpha value is -0.790. The van der Waals surface area contributed by atoms with Crippen molar-refractivity contribution >= 4 is 27.5 Å². The second-order valence-electron chi connectivity index (χ2n) is 4.69. The summed E-state index contributed by atoms with van der Waals surface area (Å²) in [4.78, 5) is 0. The van der Waals surface area contributed by atoms with Crippen molar-refractivity contribution in [3.05, 3.63) is 69.2 Å². The number of hydrogen-bond donors (Lipinski definition) is 0. The maximum Gasteiger partial charge on any atom is 0.0636 e. The molecule has 1 atom stereocenters. The molecule has 0 nitrogen and oxygen atoms in total. The van der Waals surface area contributed by atoms with Crippen molar-refractivity contribution in [3.8, 4) is 0 Å². The van der Waals surface area contributed by atoms with Gasteiger partial charge in [0, 0.05) is 4.47 Å². The first kappa shape index (κ1) is 13.6. The molecular formula is C16H16BrCl. The minimum absolute atomic E-state index is 0.00164. The van der Waals surface area contributed by atoms with E-state index in [1.807, 2.05) is 0 Å². The van der Waals surface area contributed by atoms with Crippen molar-refractivity contribution < 1.29 is 0 Å². The molecule has 94 valence electrons. The summed E-state index contributed by atoms with van der Waals surface area (Å²) in [6, 6.07) is 14.8. The van der Waals surface area contributed by atoms with Crippen LogP contribution < -0.4 is 0 Å². The summed E-state index contributed by atoms with van der Waals surface area (Å²) >= 11 is 10.1. The Kier molecular flexibility index (Phi) is 4.47. The Morgan fingerprint density at radius 2 is 1.78 bits per heavy atom. The molecule has 0 saturated heterocycles. The van der Waals surface area contributed by atoms with E-state index < -0.39 is 0 Å². The molecule has 2 heteroatoms. The van der Waals surface area contributed by atoms with E-state index in [4.69, 9.17) is 11.6 Å². The summed E-state index contributed by atoms with van der Waals surface area (Å²) in [7, 11) is 0. The third-order valence-electron chi connectivity index (χ3n) is 2.99. The minimum atomic E-state index is 0.00164. The number of hydrogen-bond acceptors (Lipinski definition) is 0. The highest BCUT2D eigenvalue weighted by Crippen LogP contribution is 2.31. The lowest BCUT2D eigenvalue weighted by molar-refractivity contribution is 0.912. The molecule has 2 aromatic rings. The Morgan fingerprint density at radius 1 is 1.06 bits per heavy atom. The molecule has 0 spiro atoms. The lowest BCUT2D eigenvalue weighted by atomic mass is 10.0. The molecule has 0 fully saturated rings. The lowest BCUT2D eigenvalue weighted by Crippen LogP contribution is -1.97. The van der Waals surface area contributed by atoms with E-state index in [1.165, 1.54) is 16.7 Å². The SMILES string of the molecule is Cc1cccc(CC(Cl)c2ccc(C)cc2Br)c1. The normalized spacial score (nSPS) is 12.4. The van der Waals surface area contributed by atoms with Gasteiger partial charge in [-0.1, -0.05) is 57.9 Å². The van der Waals surface area contributed by atoms with Gasteiger partial charge in [-0.15, -0.1) is 11.6 Å². The molecule has 0 aliphatic carbocycles. The first-order valence-electron chi connectivity index (χ1n) is 6.02. The predicted molar refractivity (Wildman–Crippen MR) is 82.4 cm³/mol. The van der Waals surface area contributed by atoms with Gasteiger partial charge in [0.1, 0.15) is 0 Å². The average Bonchev–Trinajstić information content (AvgIpc) is 2.28. The van der Waals surface area contributed by atoms with Gasteiger partial charge in [0.15, 0.2) is 0 Å². The molecule has 0 aliphatic rings. The van der Waals surface area contributed by atoms with Crippen LogP contribution in [-0.4, -0.2) is 0 Å². The Balaban J connectivity index is 2.19. The zero-order chi connectivity index (χ0) is 13.1. The molecule has 0 aromatic heterocycles. The largest absolute Gasteiger partial charge is 0.117 e. The van der Waals surface area contributed by atoms with E-state index in [0.717, 1.165) is 16.5 Å². The van der Waals surface area contributed by atoms with Gasteiger partial charge in [-0.25, -0.2) is 0 Å². The zero-order valence-corrected chi connectivity index (χ0v) is 12.9. The van der Waals surface area contributed by atoms with Crippen LogP contribution in [0.3, 0.4) is 0 Å². The first-order chi connectivity index (χ1) is 8.56. The average molecular weight is 324 g/mol. The van der Waals surface area contributed by atoms with E-state index in [0.29, 0.717) is 0 Å². The van der Waals surface area contributed by atoms with Crippen LogP contribution in [0.15, 0.2) is 46.9 Å². The van der Waals surface area contributed by atoms with E-state index in [9.17, 15) is 0 Å². The van der Waals surface area contributed by atoms with E-state index >= 15 is 0 Å². The smallest absolute Gasteiger partial charge is 0.0636 e. The Bertz CT molecular complexity index is 549. The Labute approximate surface area is 122 Å². The number of alkyl halides is 1. The molecule has 0 bridgehead atoms. The summed E-state index contributed by atoms with van der Waals surface area (Å²) < 4.78 is 1.09. The maximum atomic E-state index is 6.52. The van der Waals surface area contributed by atoms with Crippen molar-refractivity contribution in [3.63, 3.8) is 0 Å². The third-order valence-corrected chi connectivity index (χ3v) is 4.07. The fourth-order valence-corrected chi connectivity index (χ4v) is 3.31. The maximum absolute atomic E-state index is 6.52. The standard InChI is InChI=1S/C16H16BrCl/c1-11-4-3-5-13(8-11)10-16(18)14-7-6-12(2)9-15(14)17/h3-9,16H,10H2,1-2H3.